The van der Waals surface area contributed by atoms with Gasteiger partial charge in [-0.1, -0.05) is 41.4 Å². The van der Waals surface area contributed by atoms with E-state index in [9.17, 15) is 4.79 Å². The molecule has 0 unspecified atom stereocenters. The predicted molar refractivity (Wildman–Crippen MR) is 115 cm³/mol. The summed E-state index contributed by atoms with van der Waals surface area (Å²) < 4.78 is 3.72. The van der Waals surface area contributed by atoms with Gasteiger partial charge in [0.05, 0.1) is 11.4 Å². The summed E-state index contributed by atoms with van der Waals surface area (Å²) in [5.74, 6) is 0.532. The van der Waals surface area contributed by atoms with Gasteiger partial charge < -0.3 is 9.88 Å². The lowest BCUT2D eigenvalue weighted by Crippen LogP contribution is -2.24. The monoisotopic (exact) mass is 404 g/mol. The highest BCUT2D eigenvalue weighted by atomic mass is 35.5. The molecule has 1 amide bonds. The van der Waals surface area contributed by atoms with Crippen LogP contribution in [-0.4, -0.2) is 20.3 Å². The molecular weight excluding hydrogens is 384 g/mol. The van der Waals surface area contributed by atoms with Crippen LogP contribution in [-0.2, 0) is 6.54 Å². The Morgan fingerprint density at radius 1 is 1.03 bits per heavy atom. The number of hydrogen-bond donors (Lipinski definition) is 1. The molecule has 0 aliphatic heterocycles. The molecule has 0 aliphatic carbocycles. The van der Waals surface area contributed by atoms with Gasteiger partial charge in [-0.25, -0.2) is 4.68 Å². The van der Waals surface area contributed by atoms with Gasteiger partial charge >= 0.3 is 0 Å². The maximum atomic E-state index is 13.1. The Labute approximate surface area is 174 Å². The number of aromatic nitrogens is 3. The molecule has 4 rings (SSSR count). The third kappa shape index (κ3) is 3.96. The molecule has 0 atom stereocenters. The molecule has 2 heterocycles. The van der Waals surface area contributed by atoms with Crippen LogP contribution < -0.4 is 5.32 Å². The van der Waals surface area contributed by atoms with Crippen LogP contribution in [0, 0.1) is 13.8 Å². The minimum atomic E-state index is -0.176. The fraction of sp³-hybridized carbons (Fsp3) is 0.130. The lowest BCUT2D eigenvalue weighted by atomic mass is 10.2. The summed E-state index contributed by atoms with van der Waals surface area (Å²) in [5.41, 5.74) is 4.22. The molecule has 29 heavy (non-hydrogen) atoms. The molecule has 6 heteroatoms. The summed E-state index contributed by atoms with van der Waals surface area (Å²) in [4.78, 5) is 13.1. The van der Waals surface area contributed by atoms with Crippen LogP contribution in [0.2, 0.25) is 5.02 Å². The highest BCUT2D eigenvalue weighted by Gasteiger charge is 2.23. The number of nitrogens with zero attached hydrogens (tertiary/aromatic N) is 3. The molecule has 4 aromatic rings. The van der Waals surface area contributed by atoms with Gasteiger partial charge in [0.15, 0.2) is 5.82 Å². The lowest BCUT2D eigenvalue weighted by molar-refractivity contribution is 0.0950. The van der Waals surface area contributed by atoms with Gasteiger partial charge in [0, 0.05) is 24.0 Å². The first-order valence-corrected chi connectivity index (χ1v) is 9.73. The van der Waals surface area contributed by atoms with Gasteiger partial charge in [-0.15, -0.1) is 0 Å². The van der Waals surface area contributed by atoms with Gasteiger partial charge in [-0.2, -0.15) is 5.10 Å². The smallest absolute Gasteiger partial charge is 0.257 e. The summed E-state index contributed by atoms with van der Waals surface area (Å²) in [5, 5.41) is 8.31. The Balaban J connectivity index is 1.72. The van der Waals surface area contributed by atoms with E-state index in [1.165, 1.54) is 5.56 Å². The van der Waals surface area contributed by atoms with Crippen LogP contribution in [0.5, 0.6) is 0 Å². The van der Waals surface area contributed by atoms with Crippen LogP contribution in [0.1, 0.15) is 27.2 Å². The Kier molecular flexibility index (Phi) is 5.23. The average molecular weight is 405 g/mol. The van der Waals surface area contributed by atoms with Crippen LogP contribution in [0.15, 0.2) is 73.1 Å². The summed E-state index contributed by atoms with van der Waals surface area (Å²) in [7, 11) is 0. The second-order valence-electron chi connectivity index (χ2n) is 6.93. The number of amides is 1. The number of nitrogens with one attached hydrogen (secondary N) is 1. The molecule has 5 nitrogen and oxygen atoms in total. The van der Waals surface area contributed by atoms with E-state index in [4.69, 9.17) is 11.6 Å². The maximum Gasteiger partial charge on any atom is 0.257 e. The summed E-state index contributed by atoms with van der Waals surface area (Å²) >= 11 is 6.05. The largest absolute Gasteiger partial charge is 0.348 e. The van der Waals surface area contributed by atoms with Crippen LogP contribution in [0.3, 0.4) is 0 Å². The zero-order valence-corrected chi connectivity index (χ0v) is 17.0. The quantitative estimate of drug-likeness (QED) is 0.516. The summed E-state index contributed by atoms with van der Waals surface area (Å²) in [6.07, 6.45) is 3.82. The number of aryl methyl sites for hydroxylation is 2. The van der Waals surface area contributed by atoms with E-state index in [0.717, 1.165) is 11.3 Å². The number of benzene rings is 2. The van der Waals surface area contributed by atoms with Crippen LogP contribution >= 0.6 is 11.6 Å². The zero-order valence-electron chi connectivity index (χ0n) is 16.3. The van der Waals surface area contributed by atoms with Gasteiger partial charge in [0.2, 0.25) is 0 Å². The van der Waals surface area contributed by atoms with E-state index in [1.54, 1.807) is 0 Å². The fourth-order valence-corrected chi connectivity index (χ4v) is 3.49. The molecule has 0 saturated heterocycles. The van der Waals surface area contributed by atoms with Crippen molar-refractivity contribution < 1.29 is 4.79 Å². The molecule has 2 aromatic heterocycles. The first-order valence-electron chi connectivity index (χ1n) is 9.35. The fourth-order valence-electron chi connectivity index (χ4n) is 3.28. The normalized spacial score (nSPS) is 10.9. The SMILES string of the molecule is Cc1ccc(-n2nc(C)c(C(=O)NCc3cccc(Cl)c3)c2-n2cccc2)cc1. The van der Waals surface area contributed by atoms with Crippen molar-refractivity contribution in [3.05, 3.63) is 100 Å². The van der Waals surface area contributed by atoms with Crippen LogP contribution in [0.25, 0.3) is 11.5 Å². The minimum absolute atomic E-state index is 0.176. The van der Waals surface area contributed by atoms with Crippen molar-refractivity contribution in [2.75, 3.05) is 0 Å². The second-order valence-corrected chi connectivity index (χ2v) is 7.37. The summed E-state index contributed by atoms with van der Waals surface area (Å²) in [6.45, 7) is 4.28. The Morgan fingerprint density at radius 2 is 1.76 bits per heavy atom. The third-order valence-electron chi connectivity index (χ3n) is 4.73. The van der Waals surface area contributed by atoms with Crippen LogP contribution in [0.4, 0.5) is 0 Å². The number of carbonyl (C=O) groups is 1. The highest BCUT2D eigenvalue weighted by Crippen LogP contribution is 2.23. The predicted octanol–water partition coefficient (Wildman–Crippen LogP) is 4.86. The Bertz CT molecular complexity index is 1140. The molecular formula is C23H21ClN4O. The van der Waals surface area contributed by atoms with E-state index in [1.807, 2.05) is 96.2 Å². The lowest BCUT2D eigenvalue weighted by Gasteiger charge is -2.12. The van der Waals surface area contributed by atoms with Crippen molar-refractivity contribution in [2.24, 2.45) is 0 Å². The number of carbonyl (C=O) groups excluding carboxylic acids is 1. The van der Waals surface area contributed by atoms with Gasteiger partial charge in [-0.3, -0.25) is 4.79 Å². The van der Waals surface area contributed by atoms with Gasteiger partial charge in [0.1, 0.15) is 5.56 Å². The van der Waals surface area contributed by atoms with Crippen molar-refractivity contribution in [1.29, 1.82) is 0 Å². The zero-order chi connectivity index (χ0) is 20.4. The first kappa shape index (κ1) is 19.0. The molecule has 146 valence electrons. The topological polar surface area (TPSA) is 51.9 Å². The Hall–Kier alpha value is -3.31. The van der Waals surface area contributed by atoms with E-state index < -0.39 is 0 Å². The number of rotatable bonds is 5. The molecule has 0 spiro atoms. The van der Waals surface area contributed by atoms with Crippen molar-refractivity contribution in [2.45, 2.75) is 20.4 Å². The minimum Gasteiger partial charge on any atom is -0.348 e. The molecule has 0 aliphatic rings. The Morgan fingerprint density at radius 3 is 2.45 bits per heavy atom. The number of halogens is 1. The maximum absolute atomic E-state index is 13.1. The molecule has 1 N–H and O–H groups in total. The molecule has 0 fully saturated rings. The molecule has 0 saturated carbocycles. The average Bonchev–Trinajstić information content (AvgIpc) is 3.34. The van der Waals surface area contributed by atoms with Gasteiger partial charge in [0.25, 0.3) is 5.91 Å². The first-order chi connectivity index (χ1) is 14.0. The van der Waals surface area contributed by atoms with Crippen molar-refractivity contribution in [3.63, 3.8) is 0 Å². The van der Waals surface area contributed by atoms with E-state index in [-0.39, 0.29) is 5.91 Å². The molecule has 0 radical (unpaired) electrons. The second kappa shape index (κ2) is 7.97. The van der Waals surface area contributed by atoms with E-state index in [0.29, 0.717) is 28.6 Å². The summed E-state index contributed by atoms with van der Waals surface area (Å²) in [6, 6.07) is 19.4. The van der Waals surface area contributed by atoms with Gasteiger partial charge in [-0.05, 0) is 55.8 Å². The van der Waals surface area contributed by atoms with Crippen molar-refractivity contribution >= 4 is 17.5 Å². The van der Waals surface area contributed by atoms with E-state index >= 15 is 0 Å². The van der Waals surface area contributed by atoms with E-state index in [2.05, 4.69) is 10.4 Å². The highest BCUT2D eigenvalue weighted by molar-refractivity contribution is 6.30. The van der Waals surface area contributed by atoms with Crippen molar-refractivity contribution in [3.8, 4) is 11.5 Å². The molecule has 2 aromatic carbocycles. The van der Waals surface area contributed by atoms with Crippen molar-refractivity contribution in [1.82, 2.24) is 19.7 Å². The number of hydrogen-bond acceptors (Lipinski definition) is 2. The standard InChI is InChI=1S/C23H21ClN4O/c1-16-8-10-20(11-9-16)28-23(27-12-3-4-13-27)21(17(2)26-28)22(29)25-15-18-6-5-7-19(24)14-18/h3-14H,15H2,1-2H3,(H,25,29). The third-order valence-corrected chi connectivity index (χ3v) is 4.97. The molecule has 0 bridgehead atoms.